The molecule has 0 amide bonds. The molecular weight excluding hydrogens is 156 g/mol. The van der Waals surface area contributed by atoms with E-state index in [0.717, 1.165) is 0 Å². The number of hydrogen-bond acceptors (Lipinski definition) is 0. The predicted octanol–water partition coefficient (Wildman–Crippen LogP) is 4.00. The van der Waals surface area contributed by atoms with E-state index in [9.17, 15) is 0 Å². The lowest BCUT2D eigenvalue weighted by molar-refractivity contribution is 0.396. The van der Waals surface area contributed by atoms with Gasteiger partial charge in [0.2, 0.25) is 0 Å². The minimum atomic E-state index is 0.168. The van der Waals surface area contributed by atoms with E-state index in [1.54, 1.807) is 0 Å². The highest BCUT2D eigenvalue weighted by Crippen LogP contribution is 2.35. The SMILES string of the molecule is C=CC(C)(C)C(C)c1ccccc1. The van der Waals surface area contributed by atoms with Gasteiger partial charge in [0.05, 0.1) is 0 Å². The van der Waals surface area contributed by atoms with Gasteiger partial charge in [-0.05, 0) is 16.9 Å². The third kappa shape index (κ3) is 2.21. The molecular formula is C13H18. The minimum absolute atomic E-state index is 0.168. The first-order valence-electron chi connectivity index (χ1n) is 4.76. The third-order valence-electron chi connectivity index (χ3n) is 2.94. The average Bonchev–Trinajstić information content (AvgIpc) is 2.18. The van der Waals surface area contributed by atoms with Crippen LogP contribution in [0.25, 0.3) is 0 Å². The molecule has 1 aromatic rings. The first kappa shape index (κ1) is 10.0. The Morgan fingerprint density at radius 2 is 1.77 bits per heavy atom. The van der Waals surface area contributed by atoms with Crippen LogP contribution in [0.2, 0.25) is 0 Å². The highest BCUT2D eigenvalue weighted by molar-refractivity contribution is 5.22. The fourth-order valence-corrected chi connectivity index (χ4v) is 1.35. The predicted molar refractivity (Wildman–Crippen MR) is 58.8 cm³/mol. The second-order valence-corrected chi connectivity index (χ2v) is 4.16. The number of benzene rings is 1. The summed E-state index contributed by atoms with van der Waals surface area (Å²) in [6.45, 7) is 10.6. The maximum atomic E-state index is 3.88. The standard InChI is InChI=1S/C13H18/c1-5-13(3,4)11(2)12-9-7-6-8-10-12/h5-11H,1H2,2-4H3. The van der Waals surface area contributed by atoms with E-state index in [4.69, 9.17) is 0 Å². The van der Waals surface area contributed by atoms with Crippen molar-refractivity contribution in [2.24, 2.45) is 5.41 Å². The van der Waals surface area contributed by atoms with Crippen LogP contribution >= 0.6 is 0 Å². The van der Waals surface area contributed by atoms with E-state index in [1.807, 2.05) is 6.08 Å². The number of hydrogen-bond donors (Lipinski definition) is 0. The second kappa shape index (κ2) is 3.78. The van der Waals surface area contributed by atoms with Gasteiger partial charge in [0.1, 0.15) is 0 Å². The maximum Gasteiger partial charge on any atom is -0.0105 e. The van der Waals surface area contributed by atoms with Crippen molar-refractivity contribution >= 4 is 0 Å². The summed E-state index contributed by atoms with van der Waals surface area (Å²) in [4.78, 5) is 0. The van der Waals surface area contributed by atoms with Gasteiger partial charge in [0, 0.05) is 0 Å². The van der Waals surface area contributed by atoms with Gasteiger partial charge in [-0.2, -0.15) is 0 Å². The normalized spacial score (nSPS) is 13.8. The molecule has 0 aromatic heterocycles. The van der Waals surface area contributed by atoms with Gasteiger partial charge in [0.25, 0.3) is 0 Å². The molecule has 0 saturated heterocycles. The fraction of sp³-hybridized carbons (Fsp3) is 0.385. The summed E-state index contributed by atoms with van der Waals surface area (Å²) >= 11 is 0. The summed E-state index contributed by atoms with van der Waals surface area (Å²) in [5.74, 6) is 0.520. The maximum absolute atomic E-state index is 3.88. The van der Waals surface area contributed by atoms with Crippen LogP contribution in [-0.4, -0.2) is 0 Å². The highest BCUT2D eigenvalue weighted by Gasteiger charge is 2.22. The molecule has 0 nitrogen and oxygen atoms in total. The molecule has 13 heavy (non-hydrogen) atoms. The van der Waals surface area contributed by atoms with Crippen LogP contribution in [0.1, 0.15) is 32.3 Å². The Balaban J connectivity index is 2.91. The molecule has 70 valence electrons. The molecule has 0 saturated carbocycles. The summed E-state index contributed by atoms with van der Waals surface area (Å²) in [7, 11) is 0. The van der Waals surface area contributed by atoms with Crippen LogP contribution in [0.5, 0.6) is 0 Å². The molecule has 0 N–H and O–H groups in total. The van der Waals surface area contributed by atoms with Gasteiger partial charge in [0.15, 0.2) is 0 Å². The van der Waals surface area contributed by atoms with Crippen LogP contribution in [0, 0.1) is 5.41 Å². The topological polar surface area (TPSA) is 0 Å². The molecule has 1 rings (SSSR count). The first-order valence-corrected chi connectivity index (χ1v) is 4.76. The summed E-state index contributed by atoms with van der Waals surface area (Å²) in [5, 5.41) is 0. The van der Waals surface area contributed by atoms with Gasteiger partial charge in [-0.15, -0.1) is 6.58 Å². The summed E-state index contributed by atoms with van der Waals surface area (Å²) in [6.07, 6.45) is 2.03. The number of allylic oxidation sites excluding steroid dienone is 1. The van der Waals surface area contributed by atoms with Crippen molar-refractivity contribution in [3.63, 3.8) is 0 Å². The van der Waals surface area contributed by atoms with Crippen molar-refractivity contribution in [1.29, 1.82) is 0 Å². The van der Waals surface area contributed by atoms with Crippen molar-refractivity contribution in [1.82, 2.24) is 0 Å². The lowest BCUT2D eigenvalue weighted by Gasteiger charge is -2.28. The van der Waals surface area contributed by atoms with Crippen molar-refractivity contribution < 1.29 is 0 Å². The summed E-state index contributed by atoms with van der Waals surface area (Å²) in [6, 6.07) is 10.6. The van der Waals surface area contributed by atoms with Gasteiger partial charge >= 0.3 is 0 Å². The zero-order chi connectivity index (χ0) is 9.90. The smallest absolute Gasteiger partial charge is 0.0105 e. The van der Waals surface area contributed by atoms with Gasteiger partial charge in [-0.1, -0.05) is 57.2 Å². The van der Waals surface area contributed by atoms with E-state index < -0.39 is 0 Å². The van der Waals surface area contributed by atoms with Crippen molar-refractivity contribution in [3.05, 3.63) is 48.6 Å². The largest absolute Gasteiger partial charge is 0.103 e. The van der Waals surface area contributed by atoms with Crippen LogP contribution in [0.15, 0.2) is 43.0 Å². The van der Waals surface area contributed by atoms with Crippen LogP contribution in [-0.2, 0) is 0 Å². The Morgan fingerprint density at radius 1 is 1.23 bits per heavy atom. The number of rotatable bonds is 3. The molecule has 0 aliphatic carbocycles. The zero-order valence-corrected chi connectivity index (χ0v) is 8.75. The second-order valence-electron chi connectivity index (χ2n) is 4.16. The van der Waals surface area contributed by atoms with Gasteiger partial charge in [-0.25, -0.2) is 0 Å². The molecule has 0 aliphatic heterocycles. The third-order valence-corrected chi connectivity index (χ3v) is 2.94. The van der Waals surface area contributed by atoms with Crippen molar-refractivity contribution in [3.8, 4) is 0 Å². The highest BCUT2D eigenvalue weighted by atomic mass is 14.3. The fourth-order valence-electron chi connectivity index (χ4n) is 1.35. The molecule has 0 spiro atoms. The Morgan fingerprint density at radius 3 is 2.23 bits per heavy atom. The minimum Gasteiger partial charge on any atom is -0.103 e. The van der Waals surface area contributed by atoms with E-state index in [0.29, 0.717) is 5.92 Å². The molecule has 0 bridgehead atoms. The lowest BCUT2D eigenvalue weighted by Crippen LogP contribution is -2.16. The van der Waals surface area contributed by atoms with Gasteiger partial charge in [-0.3, -0.25) is 0 Å². The van der Waals surface area contributed by atoms with Crippen molar-refractivity contribution in [2.75, 3.05) is 0 Å². The Kier molecular flexibility index (Phi) is 2.92. The average molecular weight is 174 g/mol. The molecule has 1 aromatic carbocycles. The first-order chi connectivity index (χ1) is 6.08. The zero-order valence-electron chi connectivity index (χ0n) is 8.75. The van der Waals surface area contributed by atoms with Crippen LogP contribution < -0.4 is 0 Å². The molecule has 1 atom stereocenters. The molecule has 0 radical (unpaired) electrons. The molecule has 0 fully saturated rings. The summed E-state index contributed by atoms with van der Waals surface area (Å²) < 4.78 is 0. The van der Waals surface area contributed by atoms with Crippen LogP contribution in [0.4, 0.5) is 0 Å². The molecule has 0 heterocycles. The Bertz CT molecular complexity index is 269. The lowest BCUT2D eigenvalue weighted by atomic mass is 9.76. The molecule has 1 unspecified atom stereocenters. The Hall–Kier alpha value is -1.04. The molecule has 0 heteroatoms. The summed E-state index contributed by atoms with van der Waals surface area (Å²) in [5.41, 5.74) is 1.55. The van der Waals surface area contributed by atoms with Crippen LogP contribution in [0.3, 0.4) is 0 Å². The van der Waals surface area contributed by atoms with Gasteiger partial charge < -0.3 is 0 Å². The van der Waals surface area contributed by atoms with E-state index in [1.165, 1.54) is 5.56 Å². The van der Waals surface area contributed by atoms with E-state index in [2.05, 4.69) is 57.7 Å². The van der Waals surface area contributed by atoms with E-state index >= 15 is 0 Å². The molecule has 0 aliphatic rings. The van der Waals surface area contributed by atoms with E-state index in [-0.39, 0.29) is 5.41 Å². The monoisotopic (exact) mass is 174 g/mol. The quantitative estimate of drug-likeness (QED) is 0.607. The Labute approximate surface area is 81.3 Å². The van der Waals surface area contributed by atoms with Crippen molar-refractivity contribution in [2.45, 2.75) is 26.7 Å².